The van der Waals surface area contributed by atoms with Gasteiger partial charge in [-0.1, -0.05) is 30.3 Å². The fourth-order valence-corrected chi connectivity index (χ4v) is 2.84. The molecule has 0 aliphatic carbocycles. The summed E-state index contributed by atoms with van der Waals surface area (Å²) in [6.45, 7) is 3.09. The fraction of sp³-hybridized carbons (Fsp3) is 0.588. The lowest BCUT2D eigenvalue weighted by Gasteiger charge is -2.29. The summed E-state index contributed by atoms with van der Waals surface area (Å²) in [5, 5.41) is 2.98. The van der Waals surface area contributed by atoms with E-state index in [1.54, 1.807) is 0 Å². The van der Waals surface area contributed by atoms with Gasteiger partial charge >= 0.3 is 0 Å². The fourth-order valence-electron chi connectivity index (χ4n) is 2.84. The van der Waals surface area contributed by atoms with E-state index in [4.69, 9.17) is 5.73 Å². The Bertz CT molecular complexity index is 427. The van der Waals surface area contributed by atoms with E-state index < -0.39 is 6.04 Å². The number of benzene rings is 1. The van der Waals surface area contributed by atoms with Crippen molar-refractivity contribution in [2.45, 2.75) is 31.7 Å². The van der Waals surface area contributed by atoms with E-state index in [-0.39, 0.29) is 5.91 Å². The van der Waals surface area contributed by atoms with Crippen molar-refractivity contribution < 1.29 is 4.79 Å². The lowest BCUT2D eigenvalue weighted by molar-refractivity contribution is -0.122. The first kappa shape index (κ1) is 16.0. The second-order valence-corrected chi connectivity index (χ2v) is 6.12. The number of carbonyl (C=O) groups excluding carboxylic acids is 1. The van der Waals surface area contributed by atoms with E-state index in [0.29, 0.717) is 6.42 Å². The van der Waals surface area contributed by atoms with Crippen LogP contribution in [-0.4, -0.2) is 43.5 Å². The van der Waals surface area contributed by atoms with Gasteiger partial charge in [0.15, 0.2) is 0 Å². The van der Waals surface area contributed by atoms with Gasteiger partial charge in [-0.15, -0.1) is 0 Å². The van der Waals surface area contributed by atoms with E-state index in [1.807, 2.05) is 30.3 Å². The third kappa shape index (κ3) is 5.48. The largest absolute Gasteiger partial charge is 0.355 e. The van der Waals surface area contributed by atoms with E-state index in [0.717, 1.165) is 24.4 Å². The van der Waals surface area contributed by atoms with Crippen LogP contribution in [0.3, 0.4) is 0 Å². The van der Waals surface area contributed by atoms with Crippen molar-refractivity contribution in [3.63, 3.8) is 0 Å². The third-order valence-electron chi connectivity index (χ3n) is 4.33. The number of hydrogen-bond donors (Lipinski definition) is 2. The number of nitrogens with zero attached hydrogens (tertiary/aromatic N) is 1. The maximum absolute atomic E-state index is 12.0. The van der Waals surface area contributed by atoms with Crippen LogP contribution in [0.25, 0.3) is 0 Å². The molecule has 0 bridgehead atoms. The van der Waals surface area contributed by atoms with Crippen LogP contribution in [-0.2, 0) is 11.2 Å². The number of hydrogen-bond acceptors (Lipinski definition) is 3. The highest BCUT2D eigenvalue weighted by atomic mass is 16.2. The molecule has 3 N–H and O–H groups in total. The van der Waals surface area contributed by atoms with Crippen LogP contribution in [0, 0.1) is 5.92 Å². The van der Waals surface area contributed by atoms with Gasteiger partial charge in [0, 0.05) is 6.54 Å². The average Bonchev–Trinajstić information content (AvgIpc) is 2.50. The van der Waals surface area contributed by atoms with Crippen LogP contribution in [0.4, 0.5) is 0 Å². The molecule has 1 heterocycles. The van der Waals surface area contributed by atoms with Gasteiger partial charge in [0.05, 0.1) is 6.04 Å². The summed E-state index contributed by atoms with van der Waals surface area (Å²) in [4.78, 5) is 14.4. The Kier molecular flexibility index (Phi) is 6.21. The molecule has 1 aromatic carbocycles. The highest BCUT2D eigenvalue weighted by molar-refractivity contribution is 5.81. The Morgan fingerprint density at radius 1 is 1.33 bits per heavy atom. The summed E-state index contributed by atoms with van der Waals surface area (Å²) in [5.41, 5.74) is 7.07. The molecule has 21 heavy (non-hydrogen) atoms. The summed E-state index contributed by atoms with van der Waals surface area (Å²) in [6.07, 6.45) is 4.14. The molecule has 1 atom stereocenters. The number of rotatable bonds is 6. The predicted octanol–water partition coefficient (Wildman–Crippen LogP) is 1.40. The van der Waals surface area contributed by atoms with Gasteiger partial charge in [-0.3, -0.25) is 4.79 Å². The van der Waals surface area contributed by atoms with E-state index in [2.05, 4.69) is 17.3 Å². The Hall–Kier alpha value is -1.39. The zero-order valence-corrected chi connectivity index (χ0v) is 12.9. The van der Waals surface area contributed by atoms with Gasteiger partial charge in [-0.05, 0) is 57.3 Å². The van der Waals surface area contributed by atoms with Crippen molar-refractivity contribution in [3.05, 3.63) is 35.9 Å². The molecule has 0 saturated carbocycles. The minimum absolute atomic E-state index is 0.0354. The average molecular weight is 289 g/mol. The zero-order valence-electron chi connectivity index (χ0n) is 12.9. The van der Waals surface area contributed by atoms with Gasteiger partial charge < -0.3 is 16.0 Å². The molecule has 4 heteroatoms. The summed E-state index contributed by atoms with van der Waals surface area (Å²) in [6, 6.07) is 9.47. The lowest BCUT2D eigenvalue weighted by atomic mass is 9.94. The third-order valence-corrected chi connectivity index (χ3v) is 4.33. The number of piperidine rings is 1. The molecule has 1 saturated heterocycles. The maximum atomic E-state index is 12.0. The van der Waals surface area contributed by atoms with Crippen molar-refractivity contribution in [1.29, 1.82) is 0 Å². The molecule has 1 aromatic rings. The second-order valence-electron chi connectivity index (χ2n) is 6.12. The first-order valence-corrected chi connectivity index (χ1v) is 7.91. The predicted molar refractivity (Wildman–Crippen MR) is 86.0 cm³/mol. The van der Waals surface area contributed by atoms with Gasteiger partial charge in [0.1, 0.15) is 0 Å². The van der Waals surface area contributed by atoms with E-state index >= 15 is 0 Å². The Morgan fingerprint density at radius 2 is 2.00 bits per heavy atom. The van der Waals surface area contributed by atoms with E-state index in [1.165, 1.54) is 25.9 Å². The molecule has 0 unspecified atom stereocenters. The Morgan fingerprint density at radius 3 is 2.67 bits per heavy atom. The monoisotopic (exact) mass is 289 g/mol. The van der Waals surface area contributed by atoms with Gasteiger partial charge in [-0.2, -0.15) is 0 Å². The van der Waals surface area contributed by atoms with Crippen LogP contribution in [0.15, 0.2) is 30.3 Å². The van der Waals surface area contributed by atoms with Crippen molar-refractivity contribution in [1.82, 2.24) is 10.2 Å². The molecule has 0 aromatic heterocycles. The smallest absolute Gasteiger partial charge is 0.237 e. The number of nitrogens with one attached hydrogen (secondary N) is 1. The minimum atomic E-state index is -0.454. The van der Waals surface area contributed by atoms with Crippen LogP contribution in [0.2, 0.25) is 0 Å². The summed E-state index contributed by atoms with van der Waals surface area (Å²) in [7, 11) is 2.17. The Labute approximate surface area is 127 Å². The molecular weight excluding hydrogens is 262 g/mol. The van der Waals surface area contributed by atoms with E-state index in [9.17, 15) is 4.79 Å². The van der Waals surface area contributed by atoms with Crippen molar-refractivity contribution >= 4 is 5.91 Å². The highest BCUT2D eigenvalue weighted by Crippen LogP contribution is 2.18. The summed E-state index contributed by atoms with van der Waals surface area (Å²) < 4.78 is 0. The highest BCUT2D eigenvalue weighted by Gasteiger charge is 2.18. The standard InChI is InChI=1S/C17H27N3O/c1-20-11-8-14(9-12-20)7-10-19-17(21)16(18)13-15-5-3-2-4-6-15/h2-6,14,16H,7-13,18H2,1H3,(H,19,21)/t16-/m0/s1. The van der Waals surface area contributed by atoms with Crippen molar-refractivity contribution in [2.24, 2.45) is 11.7 Å². The number of amides is 1. The summed E-state index contributed by atoms with van der Waals surface area (Å²) >= 11 is 0. The Balaban J connectivity index is 1.65. The molecule has 1 fully saturated rings. The quantitative estimate of drug-likeness (QED) is 0.832. The molecule has 4 nitrogen and oxygen atoms in total. The SMILES string of the molecule is CN1CCC(CCNC(=O)[C@@H](N)Cc2ccccc2)CC1. The first-order chi connectivity index (χ1) is 10.1. The normalized spacial score (nSPS) is 18.4. The van der Waals surface area contributed by atoms with Gasteiger partial charge in [0.25, 0.3) is 0 Å². The second kappa shape index (κ2) is 8.15. The molecule has 2 rings (SSSR count). The number of nitrogens with two attached hydrogens (primary N) is 1. The molecule has 1 amide bonds. The molecule has 0 radical (unpaired) electrons. The summed E-state index contributed by atoms with van der Waals surface area (Å²) in [5.74, 6) is 0.707. The molecule has 1 aliphatic rings. The van der Waals surface area contributed by atoms with Gasteiger partial charge in [-0.25, -0.2) is 0 Å². The lowest BCUT2D eigenvalue weighted by Crippen LogP contribution is -2.43. The number of carbonyl (C=O) groups is 1. The molecule has 1 aliphatic heterocycles. The molecule has 0 spiro atoms. The topological polar surface area (TPSA) is 58.4 Å². The first-order valence-electron chi connectivity index (χ1n) is 7.91. The van der Waals surface area contributed by atoms with Crippen LogP contribution < -0.4 is 11.1 Å². The van der Waals surface area contributed by atoms with Crippen molar-refractivity contribution in [3.8, 4) is 0 Å². The van der Waals surface area contributed by atoms with Crippen molar-refractivity contribution in [2.75, 3.05) is 26.7 Å². The zero-order chi connectivity index (χ0) is 15.1. The van der Waals surface area contributed by atoms with Gasteiger partial charge in [0.2, 0.25) is 5.91 Å². The molecule has 116 valence electrons. The maximum Gasteiger partial charge on any atom is 0.237 e. The molecular formula is C17H27N3O. The van der Waals surface area contributed by atoms with Crippen LogP contribution in [0.5, 0.6) is 0 Å². The minimum Gasteiger partial charge on any atom is -0.355 e. The van der Waals surface area contributed by atoms with Crippen LogP contribution in [0.1, 0.15) is 24.8 Å². The number of likely N-dealkylation sites (tertiary alicyclic amines) is 1. The van der Waals surface area contributed by atoms with Crippen LogP contribution >= 0.6 is 0 Å².